The Morgan fingerprint density at radius 1 is 1.19 bits per heavy atom. The van der Waals surface area contributed by atoms with Crippen molar-refractivity contribution in [2.24, 2.45) is 10.6 Å². The second-order valence-electron chi connectivity index (χ2n) is 5.46. The number of urea groups is 2. The lowest BCUT2D eigenvalue weighted by atomic mass is 9.92. The molecule has 6 atom stereocenters. The Kier molecular flexibility index (Phi) is 7.46. The van der Waals surface area contributed by atoms with Crippen LogP contribution in [0.1, 0.15) is 0 Å². The van der Waals surface area contributed by atoms with Gasteiger partial charge in [-0.25, -0.2) is 9.59 Å². The van der Waals surface area contributed by atoms with Gasteiger partial charge in [-0.2, -0.15) is 10.0 Å². The van der Waals surface area contributed by atoms with E-state index in [1.807, 2.05) is 10.6 Å². The second-order valence-corrected chi connectivity index (χ2v) is 5.46. The molecule has 27 heavy (non-hydrogen) atoms. The van der Waals surface area contributed by atoms with Gasteiger partial charge in [-0.1, -0.05) is 0 Å². The number of hydrogen-bond donors (Lipinski definition) is 6. The molecule has 16 nitrogen and oxygen atoms in total. The zero-order chi connectivity index (χ0) is 20.9. The molecule has 0 aromatic heterocycles. The number of amides is 4. The highest BCUT2D eigenvalue weighted by atomic mass is 16.7. The third kappa shape index (κ3) is 4.62. The molecule has 1 aliphatic rings. The Hall–Kier alpha value is -2.50. The van der Waals surface area contributed by atoms with Crippen LogP contribution in [0, 0.1) is 9.81 Å². The standard InChI is InChI=1S/C11H20N6O10/c1-16(14-24)9(21)12-7(20)5-4(18)6(19)11(23,8(26-3)27-5)13-10(22)17(2)15-25/h4-8,18-20,23H,1-3H3,(H,12,21)(H,13,22)/t4-,5+,6+,7?,8-,11-/m1/s1. The van der Waals surface area contributed by atoms with E-state index in [0.29, 0.717) is 5.01 Å². The van der Waals surface area contributed by atoms with E-state index >= 15 is 0 Å². The Morgan fingerprint density at radius 2 is 1.70 bits per heavy atom. The summed E-state index contributed by atoms with van der Waals surface area (Å²) in [6, 6.07) is -2.43. The number of methoxy groups -OCH3 is 1. The summed E-state index contributed by atoms with van der Waals surface area (Å²) in [5.41, 5.74) is -2.76. The molecule has 1 heterocycles. The fourth-order valence-electron chi connectivity index (χ4n) is 2.16. The van der Waals surface area contributed by atoms with Crippen LogP contribution in [0.25, 0.3) is 0 Å². The Labute approximate surface area is 151 Å². The predicted molar refractivity (Wildman–Crippen MR) is 82.8 cm³/mol. The molecule has 6 N–H and O–H groups in total. The summed E-state index contributed by atoms with van der Waals surface area (Å²) in [7, 11) is 2.92. The molecule has 1 unspecified atom stereocenters. The molecule has 0 saturated carbocycles. The number of carbonyl (C=O) groups excluding carboxylic acids is 2. The van der Waals surface area contributed by atoms with Crippen molar-refractivity contribution in [1.29, 1.82) is 0 Å². The van der Waals surface area contributed by atoms with Gasteiger partial charge in [0.05, 0.1) is 10.6 Å². The minimum Gasteiger partial charge on any atom is -0.387 e. The molecule has 1 aliphatic heterocycles. The zero-order valence-corrected chi connectivity index (χ0v) is 14.4. The molecular weight excluding hydrogens is 376 g/mol. The first-order valence-electron chi connectivity index (χ1n) is 7.24. The third-order valence-corrected chi connectivity index (χ3v) is 3.69. The highest BCUT2D eigenvalue weighted by Crippen LogP contribution is 2.30. The lowest BCUT2D eigenvalue weighted by molar-refractivity contribution is -0.349. The van der Waals surface area contributed by atoms with Crippen molar-refractivity contribution < 1.29 is 39.5 Å². The number of carbonyl (C=O) groups is 2. The highest BCUT2D eigenvalue weighted by Gasteiger charge is 2.58. The second kappa shape index (κ2) is 8.93. The van der Waals surface area contributed by atoms with Crippen LogP contribution in [0.15, 0.2) is 10.6 Å². The largest absolute Gasteiger partial charge is 0.387 e. The predicted octanol–water partition coefficient (Wildman–Crippen LogP) is -3.27. The fraction of sp³-hybridized carbons (Fsp3) is 0.818. The fourth-order valence-corrected chi connectivity index (χ4v) is 2.16. The maximum Gasteiger partial charge on any atom is 0.342 e. The normalized spacial score (nSPS) is 31.4. The summed E-state index contributed by atoms with van der Waals surface area (Å²) in [6.45, 7) is 0. The molecular formula is C11H20N6O10. The summed E-state index contributed by atoms with van der Waals surface area (Å²) in [5, 5.41) is 49.6. The first kappa shape index (κ1) is 22.5. The lowest BCUT2D eigenvalue weighted by Crippen LogP contribution is -2.75. The Balaban J connectivity index is 3.00. The van der Waals surface area contributed by atoms with Gasteiger partial charge < -0.3 is 40.5 Å². The number of aliphatic hydroxyl groups excluding tert-OH is 3. The van der Waals surface area contributed by atoms with Gasteiger partial charge in [0.2, 0.25) is 12.0 Å². The maximum absolute atomic E-state index is 11.7. The van der Waals surface area contributed by atoms with Crippen LogP contribution in [0.2, 0.25) is 0 Å². The SMILES string of the molecule is CO[C@@H]1O[C@H](C(O)NC(=O)N(C)N=O)[C@@H](O)[C@H](O)[C@]1(O)NC(=O)N(C)N=O. The smallest absolute Gasteiger partial charge is 0.342 e. The minimum absolute atomic E-state index is 0.243. The third-order valence-electron chi connectivity index (χ3n) is 3.69. The first-order chi connectivity index (χ1) is 12.5. The quantitative estimate of drug-likeness (QED) is 0.149. The van der Waals surface area contributed by atoms with E-state index in [1.165, 1.54) is 0 Å². The molecule has 0 aromatic rings. The summed E-state index contributed by atoms with van der Waals surface area (Å²) in [5.74, 6) is 0. The number of nitroso groups, excluding NO2 is 2. The summed E-state index contributed by atoms with van der Waals surface area (Å²) < 4.78 is 9.91. The number of aliphatic hydroxyl groups is 4. The molecule has 1 fully saturated rings. The Bertz CT molecular complexity index is 574. The Morgan fingerprint density at radius 3 is 2.19 bits per heavy atom. The average molecular weight is 396 g/mol. The van der Waals surface area contributed by atoms with Crippen LogP contribution in [0.5, 0.6) is 0 Å². The molecule has 1 saturated heterocycles. The van der Waals surface area contributed by atoms with Crippen molar-refractivity contribution in [2.45, 2.75) is 36.6 Å². The van der Waals surface area contributed by atoms with E-state index in [4.69, 9.17) is 9.47 Å². The summed E-state index contributed by atoms with van der Waals surface area (Å²) in [6.07, 6.45) is -9.88. The highest BCUT2D eigenvalue weighted by molar-refractivity contribution is 5.74. The molecule has 0 bridgehead atoms. The molecule has 0 spiro atoms. The number of nitrogens with zero attached hydrogens (tertiary/aromatic N) is 4. The van der Waals surface area contributed by atoms with Gasteiger partial charge in [0.15, 0.2) is 6.23 Å². The van der Waals surface area contributed by atoms with E-state index in [-0.39, 0.29) is 5.01 Å². The number of ether oxygens (including phenoxy) is 2. The minimum atomic E-state index is -2.76. The van der Waals surface area contributed by atoms with Crippen molar-refractivity contribution in [3.05, 3.63) is 9.81 Å². The summed E-state index contributed by atoms with van der Waals surface area (Å²) in [4.78, 5) is 43.9. The monoisotopic (exact) mass is 396 g/mol. The number of nitrogens with one attached hydrogen (secondary N) is 2. The van der Waals surface area contributed by atoms with Gasteiger partial charge in [-0.05, 0) is 0 Å². The van der Waals surface area contributed by atoms with Crippen molar-refractivity contribution in [3.63, 3.8) is 0 Å². The van der Waals surface area contributed by atoms with Crippen LogP contribution in [-0.2, 0) is 9.47 Å². The molecule has 4 amide bonds. The van der Waals surface area contributed by atoms with E-state index in [9.17, 15) is 39.8 Å². The van der Waals surface area contributed by atoms with Crippen molar-refractivity contribution in [3.8, 4) is 0 Å². The van der Waals surface area contributed by atoms with Crippen LogP contribution < -0.4 is 10.6 Å². The molecule has 154 valence electrons. The van der Waals surface area contributed by atoms with Crippen LogP contribution in [-0.4, -0.2) is 100 Å². The van der Waals surface area contributed by atoms with E-state index in [1.54, 1.807) is 0 Å². The topological polar surface area (TPSA) is 223 Å². The van der Waals surface area contributed by atoms with Crippen LogP contribution >= 0.6 is 0 Å². The van der Waals surface area contributed by atoms with Gasteiger partial charge in [-0.15, -0.1) is 9.81 Å². The van der Waals surface area contributed by atoms with Crippen molar-refractivity contribution in [1.82, 2.24) is 20.7 Å². The molecule has 0 aromatic carbocycles. The van der Waals surface area contributed by atoms with Gasteiger partial charge >= 0.3 is 12.1 Å². The van der Waals surface area contributed by atoms with Crippen molar-refractivity contribution >= 4 is 12.1 Å². The average Bonchev–Trinajstić information content (AvgIpc) is 2.64. The van der Waals surface area contributed by atoms with E-state index in [0.717, 1.165) is 21.2 Å². The van der Waals surface area contributed by atoms with Crippen LogP contribution in [0.3, 0.4) is 0 Å². The van der Waals surface area contributed by atoms with Gasteiger partial charge in [-0.3, -0.25) is 0 Å². The molecule has 16 heteroatoms. The number of rotatable bonds is 6. The molecule has 1 rings (SSSR count). The maximum atomic E-state index is 11.7. The summed E-state index contributed by atoms with van der Waals surface area (Å²) >= 11 is 0. The number of hydrogen-bond acceptors (Lipinski definition) is 12. The van der Waals surface area contributed by atoms with Gasteiger partial charge in [0.1, 0.15) is 18.3 Å². The first-order valence-corrected chi connectivity index (χ1v) is 7.24. The van der Waals surface area contributed by atoms with Gasteiger partial charge in [0.25, 0.3) is 0 Å². The zero-order valence-electron chi connectivity index (χ0n) is 14.4. The van der Waals surface area contributed by atoms with E-state index < -0.39 is 48.6 Å². The van der Waals surface area contributed by atoms with E-state index in [2.05, 4.69) is 10.6 Å². The van der Waals surface area contributed by atoms with Gasteiger partial charge in [0, 0.05) is 21.2 Å². The van der Waals surface area contributed by atoms with Crippen LogP contribution in [0.4, 0.5) is 9.59 Å². The molecule has 0 radical (unpaired) electrons. The lowest BCUT2D eigenvalue weighted by Gasteiger charge is -2.48. The van der Waals surface area contributed by atoms with Crippen molar-refractivity contribution in [2.75, 3.05) is 21.2 Å². The molecule has 0 aliphatic carbocycles.